The van der Waals surface area contributed by atoms with Crippen molar-refractivity contribution in [2.45, 2.75) is 33.1 Å². The van der Waals surface area contributed by atoms with Crippen molar-refractivity contribution in [1.29, 1.82) is 0 Å². The molecule has 0 aliphatic rings. The Morgan fingerprint density at radius 1 is 0.960 bits per heavy atom. The zero-order valence-corrected chi connectivity index (χ0v) is 14.6. The van der Waals surface area contributed by atoms with Crippen molar-refractivity contribution in [2.24, 2.45) is 0 Å². The molecule has 2 aromatic heterocycles. The summed E-state index contributed by atoms with van der Waals surface area (Å²) in [6.45, 7) is 7.90. The van der Waals surface area contributed by atoms with Crippen LogP contribution in [0.2, 0.25) is 0 Å². The summed E-state index contributed by atoms with van der Waals surface area (Å²) in [6, 6.07) is 10.5. The number of nitrogens with zero attached hydrogens (tertiary/aromatic N) is 4. The highest BCUT2D eigenvalue weighted by molar-refractivity contribution is 6.03. The molecule has 0 atom stereocenters. The normalized spacial score (nSPS) is 11.4. The van der Waals surface area contributed by atoms with Crippen LogP contribution in [-0.4, -0.2) is 26.3 Å². The Kier molecular flexibility index (Phi) is 4.31. The number of hydrogen-bond acceptors (Lipinski definition) is 6. The number of rotatable bonds is 3. The van der Waals surface area contributed by atoms with Crippen molar-refractivity contribution in [2.75, 3.05) is 5.32 Å². The SMILES string of the molecule is Cc1nnc(-c2ccc(C(=O)Nc3ccc(C(C)(C)C)nn3)cc2)o1. The Labute approximate surface area is 145 Å². The average Bonchev–Trinajstić information content (AvgIpc) is 3.01. The lowest BCUT2D eigenvalue weighted by atomic mass is 9.92. The Hall–Kier alpha value is -3.09. The van der Waals surface area contributed by atoms with E-state index in [-0.39, 0.29) is 11.3 Å². The molecule has 1 aromatic carbocycles. The van der Waals surface area contributed by atoms with E-state index >= 15 is 0 Å². The van der Waals surface area contributed by atoms with Crippen LogP contribution in [0.15, 0.2) is 40.8 Å². The zero-order chi connectivity index (χ0) is 18.0. The Morgan fingerprint density at radius 3 is 2.20 bits per heavy atom. The van der Waals surface area contributed by atoms with Crippen molar-refractivity contribution in [3.05, 3.63) is 53.5 Å². The lowest BCUT2D eigenvalue weighted by Crippen LogP contribution is -2.17. The maximum atomic E-state index is 12.3. The second-order valence-corrected chi connectivity index (χ2v) is 6.71. The molecule has 0 saturated carbocycles. The molecule has 0 saturated heterocycles. The smallest absolute Gasteiger partial charge is 0.256 e. The van der Waals surface area contributed by atoms with Gasteiger partial charge in [-0.15, -0.1) is 15.3 Å². The van der Waals surface area contributed by atoms with Gasteiger partial charge in [0.2, 0.25) is 11.8 Å². The molecule has 0 radical (unpaired) electrons. The van der Waals surface area contributed by atoms with Crippen molar-refractivity contribution in [3.8, 4) is 11.5 Å². The van der Waals surface area contributed by atoms with Gasteiger partial charge in [-0.25, -0.2) is 0 Å². The minimum Gasteiger partial charge on any atom is -0.421 e. The van der Waals surface area contributed by atoms with Gasteiger partial charge in [0.25, 0.3) is 5.91 Å². The first kappa shape index (κ1) is 16.8. The summed E-state index contributed by atoms with van der Waals surface area (Å²) in [5, 5.41) is 18.7. The van der Waals surface area contributed by atoms with Crippen LogP contribution in [0.3, 0.4) is 0 Å². The second kappa shape index (κ2) is 6.43. The van der Waals surface area contributed by atoms with E-state index < -0.39 is 0 Å². The molecule has 7 heteroatoms. The minimum atomic E-state index is -0.258. The number of hydrogen-bond donors (Lipinski definition) is 1. The molecule has 1 amide bonds. The van der Waals surface area contributed by atoms with Gasteiger partial charge in [0.15, 0.2) is 5.82 Å². The minimum absolute atomic E-state index is 0.0849. The third kappa shape index (κ3) is 3.88. The van der Waals surface area contributed by atoms with Crippen LogP contribution in [0.5, 0.6) is 0 Å². The number of aromatic nitrogens is 4. The van der Waals surface area contributed by atoms with Crippen LogP contribution in [-0.2, 0) is 5.41 Å². The molecule has 128 valence electrons. The first-order chi connectivity index (χ1) is 11.8. The summed E-state index contributed by atoms with van der Waals surface area (Å²) in [7, 11) is 0. The molecule has 3 rings (SSSR count). The molecular weight excluding hydrogens is 318 g/mol. The van der Waals surface area contributed by atoms with Gasteiger partial charge in [0.1, 0.15) is 0 Å². The van der Waals surface area contributed by atoms with E-state index in [9.17, 15) is 4.79 Å². The number of benzene rings is 1. The van der Waals surface area contributed by atoms with Crippen molar-refractivity contribution < 1.29 is 9.21 Å². The number of anilines is 1. The molecule has 0 bridgehead atoms. The molecule has 0 spiro atoms. The average molecular weight is 337 g/mol. The fourth-order valence-electron chi connectivity index (χ4n) is 2.16. The quantitative estimate of drug-likeness (QED) is 0.787. The Bertz CT molecular complexity index is 877. The summed E-state index contributed by atoms with van der Waals surface area (Å²) in [5.41, 5.74) is 2.04. The summed E-state index contributed by atoms with van der Waals surface area (Å²) in [6.07, 6.45) is 0. The van der Waals surface area contributed by atoms with Crippen LogP contribution in [0.1, 0.15) is 42.7 Å². The van der Waals surface area contributed by atoms with Crippen LogP contribution < -0.4 is 5.32 Å². The maximum absolute atomic E-state index is 12.3. The summed E-state index contributed by atoms with van der Waals surface area (Å²) >= 11 is 0. The Morgan fingerprint density at radius 2 is 1.68 bits per heavy atom. The molecule has 1 N–H and O–H groups in total. The van der Waals surface area contributed by atoms with Gasteiger partial charge in [-0.1, -0.05) is 20.8 Å². The molecule has 0 unspecified atom stereocenters. The fourth-order valence-corrected chi connectivity index (χ4v) is 2.16. The van der Waals surface area contributed by atoms with Gasteiger partial charge < -0.3 is 9.73 Å². The van der Waals surface area contributed by atoms with Gasteiger partial charge in [-0.2, -0.15) is 5.10 Å². The van der Waals surface area contributed by atoms with Gasteiger partial charge in [-0.3, -0.25) is 4.79 Å². The first-order valence-corrected chi connectivity index (χ1v) is 7.89. The zero-order valence-electron chi connectivity index (χ0n) is 14.6. The molecule has 2 heterocycles. The maximum Gasteiger partial charge on any atom is 0.256 e. The van der Waals surface area contributed by atoms with E-state index in [0.29, 0.717) is 23.2 Å². The molecule has 0 aliphatic carbocycles. The largest absolute Gasteiger partial charge is 0.421 e. The van der Waals surface area contributed by atoms with E-state index in [1.807, 2.05) is 6.07 Å². The lowest BCUT2D eigenvalue weighted by molar-refractivity contribution is 0.102. The monoisotopic (exact) mass is 337 g/mol. The van der Waals surface area contributed by atoms with Crippen molar-refractivity contribution in [3.63, 3.8) is 0 Å². The van der Waals surface area contributed by atoms with Crippen LogP contribution in [0.4, 0.5) is 5.82 Å². The van der Waals surface area contributed by atoms with Crippen LogP contribution in [0.25, 0.3) is 11.5 Å². The number of carbonyl (C=O) groups is 1. The third-order valence-corrected chi connectivity index (χ3v) is 3.59. The second-order valence-electron chi connectivity index (χ2n) is 6.71. The van der Waals surface area contributed by atoms with E-state index in [1.54, 1.807) is 37.3 Å². The van der Waals surface area contributed by atoms with Gasteiger partial charge in [0.05, 0.1) is 5.69 Å². The topological polar surface area (TPSA) is 93.8 Å². The van der Waals surface area contributed by atoms with E-state index in [2.05, 4.69) is 46.5 Å². The number of carbonyl (C=O) groups excluding carboxylic acids is 1. The molecular formula is C18H19N5O2. The number of amides is 1. The van der Waals surface area contributed by atoms with Crippen molar-refractivity contribution >= 4 is 11.7 Å². The molecule has 0 fully saturated rings. The highest BCUT2D eigenvalue weighted by Gasteiger charge is 2.16. The van der Waals surface area contributed by atoms with E-state index in [4.69, 9.17) is 4.42 Å². The molecule has 0 aliphatic heterocycles. The summed E-state index contributed by atoms with van der Waals surface area (Å²) in [5.74, 6) is 1.07. The molecule has 3 aromatic rings. The van der Waals surface area contributed by atoms with Gasteiger partial charge in [-0.05, 0) is 36.4 Å². The first-order valence-electron chi connectivity index (χ1n) is 7.89. The number of aryl methyl sites for hydroxylation is 1. The fraction of sp³-hybridized carbons (Fsp3) is 0.278. The summed E-state index contributed by atoms with van der Waals surface area (Å²) in [4.78, 5) is 12.3. The van der Waals surface area contributed by atoms with Crippen LogP contribution in [0, 0.1) is 6.92 Å². The predicted octanol–water partition coefficient (Wildman–Crippen LogP) is 3.38. The van der Waals surface area contributed by atoms with E-state index in [0.717, 1.165) is 11.3 Å². The van der Waals surface area contributed by atoms with Gasteiger partial charge in [0, 0.05) is 23.5 Å². The molecule has 25 heavy (non-hydrogen) atoms. The number of nitrogens with one attached hydrogen (secondary N) is 1. The van der Waals surface area contributed by atoms with E-state index in [1.165, 1.54) is 0 Å². The highest BCUT2D eigenvalue weighted by Crippen LogP contribution is 2.20. The van der Waals surface area contributed by atoms with Crippen molar-refractivity contribution in [1.82, 2.24) is 20.4 Å². The van der Waals surface area contributed by atoms with Gasteiger partial charge >= 0.3 is 0 Å². The predicted molar refractivity (Wildman–Crippen MR) is 93.2 cm³/mol. The van der Waals surface area contributed by atoms with Crippen LogP contribution >= 0.6 is 0 Å². The highest BCUT2D eigenvalue weighted by atomic mass is 16.4. The third-order valence-electron chi connectivity index (χ3n) is 3.59. The molecule has 7 nitrogen and oxygen atoms in total. The lowest BCUT2D eigenvalue weighted by Gasteiger charge is -2.16. The summed E-state index contributed by atoms with van der Waals surface area (Å²) < 4.78 is 5.36. The standard InChI is InChI=1S/C18H19N5O2/c1-11-20-23-17(25-11)13-7-5-12(6-8-13)16(24)19-15-10-9-14(21-22-15)18(2,3)4/h5-10H,1-4H3,(H,19,22,24). The Balaban J connectivity index is 1.71.